The zero-order valence-electron chi connectivity index (χ0n) is 15.8. The van der Waals surface area contributed by atoms with E-state index >= 15 is 0 Å². The first-order valence-electron chi connectivity index (χ1n) is 8.88. The normalized spacial score (nSPS) is 11.5. The number of amides is 2. The fourth-order valence-corrected chi connectivity index (χ4v) is 2.78. The van der Waals surface area contributed by atoms with Crippen molar-refractivity contribution in [2.45, 2.75) is 19.4 Å². The standard InChI is InChI=1S/C21H22N4O3/c1-15(25-12-6-11-22-25)21(27)24-18-9-5-8-17(14-18)23-20(26)13-16-7-3-4-10-19(16)28-2/h3-12,14-15H,13H2,1-2H3,(H,23,26)(H,24,27). The van der Waals surface area contributed by atoms with Gasteiger partial charge in [0.05, 0.1) is 13.5 Å². The van der Waals surface area contributed by atoms with Gasteiger partial charge in [-0.1, -0.05) is 24.3 Å². The van der Waals surface area contributed by atoms with E-state index in [9.17, 15) is 9.59 Å². The molecule has 0 saturated carbocycles. The number of benzene rings is 2. The molecule has 7 heteroatoms. The first-order chi connectivity index (χ1) is 13.6. The molecule has 1 unspecified atom stereocenters. The summed E-state index contributed by atoms with van der Waals surface area (Å²) in [5, 5.41) is 9.77. The van der Waals surface area contributed by atoms with Crippen LogP contribution in [0.2, 0.25) is 0 Å². The molecule has 144 valence electrons. The predicted molar refractivity (Wildman–Crippen MR) is 107 cm³/mol. The molecule has 0 radical (unpaired) electrons. The molecule has 0 spiro atoms. The number of aromatic nitrogens is 2. The van der Waals surface area contributed by atoms with Crippen molar-refractivity contribution >= 4 is 23.2 Å². The quantitative estimate of drug-likeness (QED) is 0.661. The molecule has 3 rings (SSSR count). The number of para-hydroxylation sites is 1. The number of hydrogen-bond acceptors (Lipinski definition) is 4. The monoisotopic (exact) mass is 378 g/mol. The van der Waals surface area contributed by atoms with Gasteiger partial charge in [-0.25, -0.2) is 0 Å². The van der Waals surface area contributed by atoms with Gasteiger partial charge in [0, 0.05) is 29.3 Å². The molecule has 0 aliphatic carbocycles. The lowest BCUT2D eigenvalue weighted by molar-refractivity contribution is -0.119. The minimum atomic E-state index is -0.446. The van der Waals surface area contributed by atoms with Crippen LogP contribution in [0.15, 0.2) is 67.0 Å². The molecule has 3 aromatic rings. The summed E-state index contributed by atoms with van der Waals surface area (Å²) in [5.74, 6) is 0.311. The third-order valence-corrected chi connectivity index (χ3v) is 4.26. The van der Waals surface area contributed by atoms with Crippen LogP contribution in [0.25, 0.3) is 0 Å². The second-order valence-electron chi connectivity index (χ2n) is 6.27. The van der Waals surface area contributed by atoms with E-state index in [-0.39, 0.29) is 18.2 Å². The van der Waals surface area contributed by atoms with Crippen LogP contribution < -0.4 is 15.4 Å². The molecule has 2 N–H and O–H groups in total. The van der Waals surface area contributed by atoms with Gasteiger partial charge in [0.25, 0.3) is 0 Å². The summed E-state index contributed by atoms with van der Waals surface area (Å²) in [4.78, 5) is 24.8. The number of carbonyl (C=O) groups excluding carboxylic acids is 2. The molecule has 7 nitrogen and oxygen atoms in total. The Kier molecular flexibility index (Phi) is 6.06. The number of carbonyl (C=O) groups is 2. The molecule has 2 aromatic carbocycles. The highest BCUT2D eigenvalue weighted by atomic mass is 16.5. The maximum atomic E-state index is 12.4. The summed E-state index contributed by atoms with van der Waals surface area (Å²) in [6, 6.07) is 15.7. The third kappa shape index (κ3) is 4.76. The molecule has 1 atom stereocenters. The van der Waals surface area contributed by atoms with Crippen LogP contribution in [0.5, 0.6) is 5.75 Å². The number of methoxy groups -OCH3 is 1. The molecule has 0 saturated heterocycles. The van der Waals surface area contributed by atoms with E-state index in [1.165, 1.54) is 0 Å². The SMILES string of the molecule is COc1ccccc1CC(=O)Nc1cccc(NC(=O)C(C)n2cccn2)c1. The van der Waals surface area contributed by atoms with E-state index in [0.29, 0.717) is 17.1 Å². The summed E-state index contributed by atoms with van der Waals surface area (Å²) in [6.07, 6.45) is 3.55. The van der Waals surface area contributed by atoms with Gasteiger partial charge >= 0.3 is 0 Å². The van der Waals surface area contributed by atoms with Crippen molar-refractivity contribution in [2.75, 3.05) is 17.7 Å². The van der Waals surface area contributed by atoms with Crippen molar-refractivity contribution in [3.05, 3.63) is 72.6 Å². The number of ether oxygens (including phenoxy) is 1. The molecule has 0 bridgehead atoms. The zero-order chi connectivity index (χ0) is 19.9. The summed E-state index contributed by atoms with van der Waals surface area (Å²) < 4.78 is 6.86. The summed E-state index contributed by atoms with van der Waals surface area (Å²) in [7, 11) is 1.58. The lowest BCUT2D eigenvalue weighted by Gasteiger charge is -2.14. The fourth-order valence-electron chi connectivity index (χ4n) is 2.78. The highest BCUT2D eigenvalue weighted by Gasteiger charge is 2.15. The van der Waals surface area contributed by atoms with Gasteiger partial charge in [0.1, 0.15) is 11.8 Å². The highest BCUT2D eigenvalue weighted by Crippen LogP contribution is 2.20. The number of rotatable bonds is 7. The van der Waals surface area contributed by atoms with Crippen molar-refractivity contribution in [3.8, 4) is 5.75 Å². The number of anilines is 2. The average Bonchev–Trinajstić information content (AvgIpc) is 3.22. The van der Waals surface area contributed by atoms with Gasteiger partial charge in [-0.15, -0.1) is 0 Å². The van der Waals surface area contributed by atoms with Crippen molar-refractivity contribution in [3.63, 3.8) is 0 Å². The molecule has 2 amide bonds. The van der Waals surface area contributed by atoms with E-state index in [1.807, 2.05) is 24.3 Å². The zero-order valence-corrected chi connectivity index (χ0v) is 15.8. The average molecular weight is 378 g/mol. The molecule has 1 aromatic heterocycles. The van der Waals surface area contributed by atoms with Crippen molar-refractivity contribution in [1.29, 1.82) is 0 Å². The molecule has 0 aliphatic rings. The Labute approximate surface area is 163 Å². The first kappa shape index (κ1) is 19.2. The maximum Gasteiger partial charge on any atom is 0.248 e. The Balaban J connectivity index is 1.63. The largest absolute Gasteiger partial charge is 0.496 e. The third-order valence-electron chi connectivity index (χ3n) is 4.26. The summed E-state index contributed by atoms with van der Waals surface area (Å²) in [5.41, 5.74) is 2.00. The van der Waals surface area contributed by atoms with E-state index in [2.05, 4.69) is 15.7 Å². The number of nitrogens with zero attached hydrogens (tertiary/aromatic N) is 2. The van der Waals surface area contributed by atoms with Crippen LogP contribution >= 0.6 is 0 Å². The maximum absolute atomic E-state index is 12.4. The van der Waals surface area contributed by atoms with Crippen molar-refractivity contribution in [2.24, 2.45) is 0 Å². The predicted octanol–water partition coefficient (Wildman–Crippen LogP) is 3.27. The Morgan fingerprint density at radius 3 is 2.54 bits per heavy atom. The summed E-state index contributed by atoms with van der Waals surface area (Å²) in [6.45, 7) is 1.77. The van der Waals surface area contributed by atoms with Crippen LogP contribution in [0, 0.1) is 0 Å². The molecule has 0 aliphatic heterocycles. The Morgan fingerprint density at radius 2 is 1.82 bits per heavy atom. The minimum absolute atomic E-state index is 0.169. The van der Waals surface area contributed by atoms with Crippen molar-refractivity contribution in [1.82, 2.24) is 9.78 Å². The van der Waals surface area contributed by atoms with E-state index in [0.717, 1.165) is 5.56 Å². The van der Waals surface area contributed by atoms with Crippen LogP contribution in [0.1, 0.15) is 18.5 Å². The van der Waals surface area contributed by atoms with Gasteiger partial charge in [-0.2, -0.15) is 5.10 Å². The molecular weight excluding hydrogens is 356 g/mol. The Bertz CT molecular complexity index is 954. The van der Waals surface area contributed by atoms with Gasteiger partial charge in [0.2, 0.25) is 11.8 Å². The van der Waals surface area contributed by atoms with Gasteiger partial charge in [-0.05, 0) is 37.3 Å². The first-order valence-corrected chi connectivity index (χ1v) is 8.88. The van der Waals surface area contributed by atoms with E-state index in [4.69, 9.17) is 4.74 Å². The molecule has 1 heterocycles. The van der Waals surface area contributed by atoms with Gasteiger partial charge in [0.15, 0.2) is 0 Å². The smallest absolute Gasteiger partial charge is 0.248 e. The van der Waals surface area contributed by atoms with E-state index in [1.54, 1.807) is 61.4 Å². The van der Waals surface area contributed by atoms with E-state index < -0.39 is 6.04 Å². The van der Waals surface area contributed by atoms with Gasteiger partial charge < -0.3 is 15.4 Å². The molecular formula is C21H22N4O3. The second kappa shape index (κ2) is 8.85. The number of nitrogens with one attached hydrogen (secondary N) is 2. The van der Waals surface area contributed by atoms with Crippen molar-refractivity contribution < 1.29 is 14.3 Å². The topological polar surface area (TPSA) is 85.3 Å². The van der Waals surface area contributed by atoms with Crippen LogP contribution in [0.4, 0.5) is 11.4 Å². The second-order valence-corrected chi connectivity index (χ2v) is 6.27. The Hall–Kier alpha value is -3.61. The summed E-state index contributed by atoms with van der Waals surface area (Å²) >= 11 is 0. The fraction of sp³-hybridized carbons (Fsp3) is 0.190. The Morgan fingerprint density at radius 1 is 1.07 bits per heavy atom. The van der Waals surface area contributed by atoms with Crippen LogP contribution in [0.3, 0.4) is 0 Å². The lowest BCUT2D eigenvalue weighted by atomic mass is 10.1. The van der Waals surface area contributed by atoms with Gasteiger partial charge in [-0.3, -0.25) is 14.3 Å². The van der Waals surface area contributed by atoms with Crippen LogP contribution in [-0.4, -0.2) is 28.7 Å². The minimum Gasteiger partial charge on any atom is -0.496 e. The highest BCUT2D eigenvalue weighted by molar-refractivity contribution is 5.96. The lowest BCUT2D eigenvalue weighted by Crippen LogP contribution is -2.24. The molecule has 0 fully saturated rings. The number of hydrogen-bond donors (Lipinski definition) is 2. The van der Waals surface area contributed by atoms with Crippen LogP contribution in [-0.2, 0) is 16.0 Å². The molecule has 28 heavy (non-hydrogen) atoms.